The maximum Gasteiger partial charge on any atom is 0.117 e. The van der Waals surface area contributed by atoms with Crippen molar-refractivity contribution in [2.24, 2.45) is 0 Å². The van der Waals surface area contributed by atoms with Gasteiger partial charge in [0.05, 0.1) is 17.5 Å². The van der Waals surface area contributed by atoms with Crippen LogP contribution in [0.25, 0.3) is 0 Å². The molecule has 0 aliphatic carbocycles. The van der Waals surface area contributed by atoms with Crippen molar-refractivity contribution in [1.29, 1.82) is 0 Å². The van der Waals surface area contributed by atoms with Gasteiger partial charge in [0, 0.05) is 25.7 Å². The molecular weight excluding hydrogens is 192 g/mol. The Morgan fingerprint density at radius 3 is 3.07 bits per heavy atom. The number of fused-ring (bicyclic) bond motifs is 1. The molecule has 0 bridgehead atoms. The molecule has 1 aliphatic heterocycles. The smallest absolute Gasteiger partial charge is 0.117 e. The van der Waals surface area contributed by atoms with Crippen molar-refractivity contribution in [3.05, 3.63) is 18.2 Å². The number of hydrogen-bond acceptors (Lipinski definition) is 4. The van der Waals surface area contributed by atoms with Crippen LogP contribution in [-0.4, -0.2) is 36.0 Å². The monoisotopic (exact) mass is 208 g/mol. The first-order valence-corrected chi connectivity index (χ1v) is 5.17. The molecule has 4 heteroatoms. The molecule has 2 rings (SSSR count). The van der Waals surface area contributed by atoms with Gasteiger partial charge in [-0.3, -0.25) is 0 Å². The Morgan fingerprint density at radius 1 is 1.53 bits per heavy atom. The van der Waals surface area contributed by atoms with Crippen molar-refractivity contribution in [2.45, 2.75) is 13.0 Å². The van der Waals surface area contributed by atoms with E-state index in [4.69, 9.17) is 0 Å². The first kappa shape index (κ1) is 10.1. The van der Waals surface area contributed by atoms with E-state index in [0.717, 1.165) is 24.5 Å². The average molecular weight is 208 g/mol. The van der Waals surface area contributed by atoms with Crippen LogP contribution in [0.3, 0.4) is 0 Å². The third kappa shape index (κ3) is 2.15. The summed E-state index contributed by atoms with van der Waals surface area (Å²) in [5.41, 5.74) is 1.97. The van der Waals surface area contributed by atoms with E-state index in [1.54, 1.807) is 19.1 Å². The molecule has 0 saturated heterocycles. The molecule has 1 heterocycles. The average Bonchev–Trinajstić information content (AvgIpc) is 2.16. The highest BCUT2D eigenvalue weighted by atomic mass is 16.3. The van der Waals surface area contributed by atoms with E-state index in [1.165, 1.54) is 0 Å². The van der Waals surface area contributed by atoms with Gasteiger partial charge < -0.3 is 20.4 Å². The maximum absolute atomic E-state index is 9.37. The molecule has 1 aromatic rings. The lowest BCUT2D eigenvalue weighted by Crippen LogP contribution is -2.38. The van der Waals surface area contributed by atoms with Crippen LogP contribution in [0.1, 0.15) is 6.92 Å². The minimum atomic E-state index is -0.343. The van der Waals surface area contributed by atoms with Crippen LogP contribution in [0.15, 0.2) is 18.2 Å². The number of hydrogen-bond donors (Lipinski definition) is 3. The summed E-state index contributed by atoms with van der Waals surface area (Å²) >= 11 is 0. The standard InChI is InChI=1S/C11H16N2O2/c1-8(14)7-13-5-4-12-10-6-9(15)2-3-11(10)13/h2-3,6,8,12,14-15H,4-5,7H2,1H3. The summed E-state index contributed by atoms with van der Waals surface area (Å²) in [6, 6.07) is 5.25. The van der Waals surface area contributed by atoms with E-state index in [2.05, 4.69) is 10.2 Å². The quantitative estimate of drug-likeness (QED) is 0.679. The number of rotatable bonds is 2. The molecule has 1 aliphatic rings. The number of phenols is 1. The van der Waals surface area contributed by atoms with Gasteiger partial charge in [-0.05, 0) is 19.1 Å². The van der Waals surface area contributed by atoms with E-state index in [1.807, 2.05) is 6.07 Å². The summed E-state index contributed by atoms with van der Waals surface area (Å²) in [5.74, 6) is 0.264. The fourth-order valence-corrected chi connectivity index (χ4v) is 1.90. The molecule has 15 heavy (non-hydrogen) atoms. The van der Waals surface area contributed by atoms with Crippen LogP contribution in [0.2, 0.25) is 0 Å². The predicted octanol–water partition coefficient (Wildman–Crippen LogP) is 1.00. The SMILES string of the molecule is CC(O)CN1CCNc2cc(O)ccc21. The summed E-state index contributed by atoms with van der Waals surface area (Å²) in [6.45, 7) is 4.12. The fourth-order valence-electron chi connectivity index (χ4n) is 1.90. The van der Waals surface area contributed by atoms with E-state index in [0.29, 0.717) is 6.54 Å². The zero-order valence-corrected chi connectivity index (χ0v) is 8.77. The number of nitrogens with zero attached hydrogens (tertiary/aromatic N) is 1. The van der Waals surface area contributed by atoms with Gasteiger partial charge in [0.2, 0.25) is 0 Å². The number of benzene rings is 1. The van der Waals surface area contributed by atoms with Gasteiger partial charge in [-0.1, -0.05) is 0 Å². The summed E-state index contributed by atoms with van der Waals surface area (Å²) in [7, 11) is 0. The summed E-state index contributed by atoms with van der Waals surface area (Å²) in [4.78, 5) is 2.12. The van der Waals surface area contributed by atoms with Gasteiger partial charge in [0.1, 0.15) is 5.75 Å². The van der Waals surface area contributed by atoms with Gasteiger partial charge in [0.15, 0.2) is 0 Å². The third-order valence-electron chi connectivity index (χ3n) is 2.50. The molecule has 82 valence electrons. The lowest BCUT2D eigenvalue weighted by Gasteiger charge is -2.32. The molecule has 0 aromatic heterocycles. The number of aromatic hydroxyl groups is 1. The van der Waals surface area contributed by atoms with Crippen LogP contribution in [0, 0.1) is 0 Å². The Balaban J connectivity index is 2.26. The Hall–Kier alpha value is -1.42. The van der Waals surface area contributed by atoms with Gasteiger partial charge in [0.25, 0.3) is 0 Å². The Kier molecular flexibility index (Phi) is 2.68. The highest BCUT2D eigenvalue weighted by molar-refractivity contribution is 5.73. The Labute approximate surface area is 89.1 Å². The van der Waals surface area contributed by atoms with Crippen molar-refractivity contribution in [1.82, 2.24) is 0 Å². The molecule has 1 aromatic carbocycles. The molecule has 0 radical (unpaired) electrons. The first-order valence-electron chi connectivity index (χ1n) is 5.17. The second-order valence-corrected chi connectivity index (χ2v) is 3.92. The number of aliphatic hydroxyl groups is 1. The molecule has 1 unspecified atom stereocenters. The number of nitrogens with one attached hydrogen (secondary N) is 1. The Morgan fingerprint density at radius 2 is 2.33 bits per heavy atom. The van der Waals surface area contributed by atoms with Crippen molar-refractivity contribution in [3.63, 3.8) is 0 Å². The Bertz CT molecular complexity index is 352. The molecule has 0 fully saturated rings. The van der Waals surface area contributed by atoms with E-state index < -0.39 is 0 Å². The van der Waals surface area contributed by atoms with Crippen LogP contribution in [0.4, 0.5) is 11.4 Å². The van der Waals surface area contributed by atoms with Crippen LogP contribution in [0.5, 0.6) is 5.75 Å². The van der Waals surface area contributed by atoms with Gasteiger partial charge in [-0.15, -0.1) is 0 Å². The summed E-state index contributed by atoms with van der Waals surface area (Å²) in [5, 5.41) is 21.9. The summed E-state index contributed by atoms with van der Waals surface area (Å²) in [6.07, 6.45) is -0.343. The first-order chi connectivity index (χ1) is 7.16. The summed E-state index contributed by atoms with van der Waals surface area (Å²) < 4.78 is 0. The normalized spacial score (nSPS) is 16.8. The number of phenolic OH excluding ortho intramolecular Hbond substituents is 1. The lowest BCUT2D eigenvalue weighted by atomic mass is 10.1. The number of aliphatic hydroxyl groups excluding tert-OH is 1. The van der Waals surface area contributed by atoms with Gasteiger partial charge in [-0.25, -0.2) is 0 Å². The van der Waals surface area contributed by atoms with Crippen LogP contribution < -0.4 is 10.2 Å². The molecule has 0 amide bonds. The molecule has 3 N–H and O–H groups in total. The predicted molar refractivity (Wildman–Crippen MR) is 60.5 cm³/mol. The minimum Gasteiger partial charge on any atom is -0.508 e. The molecule has 0 spiro atoms. The van der Waals surface area contributed by atoms with Crippen molar-refractivity contribution in [3.8, 4) is 5.75 Å². The van der Waals surface area contributed by atoms with Crippen molar-refractivity contribution >= 4 is 11.4 Å². The zero-order valence-electron chi connectivity index (χ0n) is 8.77. The largest absolute Gasteiger partial charge is 0.508 e. The van der Waals surface area contributed by atoms with E-state index in [9.17, 15) is 10.2 Å². The van der Waals surface area contributed by atoms with Crippen molar-refractivity contribution < 1.29 is 10.2 Å². The van der Waals surface area contributed by atoms with Gasteiger partial charge >= 0.3 is 0 Å². The molecule has 1 atom stereocenters. The van der Waals surface area contributed by atoms with Crippen LogP contribution in [-0.2, 0) is 0 Å². The minimum absolute atomic E-state index is 0.264. The number of anilines is 2. The zero-order chi connectivity index (χ0) is 10.8. The molecule has 4 nitrogen and oxygen atoms in total. The second-order valence-electron chi connectivity index (χ2n) is 3.92. The molecular formula is C11H16N2O2. The third-order valence-corrected chi connectivity index (χ3v) is 2.50. The number of β-amino-alcohol motifs (C(OH)–C–C–N with tert-alkyl or cyclic N) is 1. The van der Waals surface area contributed by atoms with E-state index >= 15 is 0 Å². The highest BCUT2D eigenvalue weighted by Gasteiger charge is 2.17. The van der Waals surface area contributed by atoms with Crippen LogP contribution >= 0.6 is 0 Å². The van der Waals surface area contributed by atoms with Crippen molar-refractivity contribution in [2.75, 3.05) is 29.9 Å². The van der Waals surface area contributed by atoms with Gasteiger partial charge in [-0.2, -0.15) is 0 Å². The lowest BCUT2D eigenvalue weighted by molar-refractivity contribution is 0.200. The second kappa shape index (κ2) is 3.98. The molecule has 0 saturated carbocycles. The highest BCUT2D eigenvalue weighted by Crippen LogP contribution is 2.31. The maximum atomic E-state index is 9.37. The van der Waals surface area contributed by atoms with E-state index in [-0.39, 0.29) is 11.9 Å². The topological polar surface area (TPSA) is 55.7 Å². The fraction of sp³-hybridized carbons (Fsp3) is 0.455.